The molecule has 0 saturated carbocycles. The molecule has 0 aliphatic carbocycles. The first kappa shape index (κ1) is 17.9. The predicted octanol–water partition coefficient (Wildman–Crippen LogP) is 2.68. The van der Waals surface area contributed by atoms with Gasteiger partial charge in [-0.15, -0.1) is 0 Å². The number of hydrogen-bond acceptors (Lipinski definition) is 4. The van der Waals surface area contributed by atoms with Crippen LogP contribution < -0.4 is 10.1 Å². The number of nitrogens with one attached hydrogen (secondary N) is 1. The van der Waals surface area contributed by atoms with Crippen molar-refractivity contribution in [3.05, 3.63) is 65.6 Å². The van der Waals surface area contributed by atoms with Crippen LogP contribution in [0.1, 0.15) is 27.8 Å². The lowest BCUT2D eigenvalue weighted by Gasteiger charge is -2.25. The summed E-state index contributed by atoms with van der Waals surface area (Å²) in [5.41, 5.74) is 3.19. The maximum Gasteiger partial charge on any atom is 0.270 e. The van der Waals surface area contributed by atoms with Gasteiger partial charge in [-0.05, 0) is 50.8 Å². The van der Waals surface area contributed by atoms with Crippen LogP contribution in [0.2, 0.25) is 0 Å². The van der Waals surface area contributed by atoms with Crippen molar-refractivity contribution in [3.63, 3.8) is 0 Å². The summed E-state index contributed by atoms with van der Waals surface area (Å²) in [6, 6.07) is 13.7. The third-order valence-electron chi connectivity index (χ3n) is 4.50. The van der Waals surface area contributed by atoms with Crippen molar-refractivity contribution in [2.75, 3.05) is 27.7 Å². The number of rotatable bonds is 6. The van der Waals surface area contributed by atoms with Gasteiger partial charge in [0.1, 0.15) is 17.1 Å². The average Bonchev–Trinajstić information content (AvgIpc) is 2.97. The molecule has 6 nitrogen and oxygen atoms in total. The van der Waals surface area contributed by atoms with Crippen LogP contribution >= 0.6 is 0 Å². The molecule has 0 radical (unpaired) electrons. The second kappa shape index (κ2) is 7.58. The molecule has 136 valence electrons. The Balaban J connectivity index is 1.78. The Morgan fingerprint density at radius 1 is 1.23 bits per heavy atom. The monoisotopic (exact) mass is 352 g/mol. The molecule has 6 heteroatoms. The third kappa shape index (κ3) is 3.55. The largest absolute Gasteiger partial charge is 0.497 e. The van der Waals surface area contributed by atoms with Crippen LogP contribution in [-0.2, 0) is 0 Å². The smallest absolute Gasteiger partial charge is 0.270 e. The molecular weight excluding hydrogens is 328 g/mol. The van der Waals surface area contributed by atoms with E-state index < -0.39 is 0 Å². The zero-order valence-electron chi connectivity index (χ0n) is 15.6. The van der Waals surface area contributed by atoms with Crippen LogP contribution in [0.15, 0.2) is 48.7 Å². The molecule has 0 fully saturated rings. The maximum atomic E-state index is 12.8. The van der Waals surface area contributed by atoms with Crippen LogP contribution in [0.5, 0.6) is 5.75 Å². The Bertz CT molecular complexity index is 900. The minimum atomic E-state index is -0.124. The number of imidazole rings is 1. The van der Waals surface area contributed by atoms with Crippen LogP contribution in [0.3, 0.4) is 0 Å². The van der Waals surface area contributed by atoms with E-state index in [9.17, 15) is 4.79 Å². The van der Waals surface area contributed by atoms with Crippen LogP contribution in [0.4, 0.5) is 0 Å². The van der Waals surface area contributed by atoms with E-state index in [1.165, 1.54) is 0 Å². The van der Waals surface area contributed by atoms with E-state index >= 15 is 0 Å². The van der Waals surface area contributed by atoms with E-state index in [0.29, 0.717) is 12.2 Å². The van der Waals surface area contributed by atoms with Crippen LogP contribution in [-0.4, -0.2) is 47.9 Å². The molecule has 1 amide bonds. The summed E-state index contributed by atoms with van der Waals surface area (Å²) in [5.74, 6) is 0.693. The highest BCUT2D eigenvalue weighted by molar-refractivity contribution is 5.94. The van der Waals surface area contributed by atoms with Gasteiger partial charge in [-0.2, -0.15) is 0 Å². The number of fused-ring (bicyclic) bond motifs is 1. The molecule has 2 aromatic heterocycles. The molecule has 1 N–H and O–H groups in total. The number of carbonyl (C=O) groups is 1. The number of methoxy groups -OCH3 is 1. The van der Waals surface area contributed by atoms with Crippen molar-refractivity contribution in [1.82, 2.24) is 19.6 Å². The Morgan fingerprint density at radius 3 is 2.62 bits per heavy atom. The van der Waals surface area contributed by atoms with Crippen molar-refractivity contribution < 1.29 is 9.53 Å². The Hall–Kier alpha value is -2.86. The number of nitrogens with zero attached hydrogens (tertiary/aromatic N) is 3. The van der Waals surface area contributed by atoms with Gasteiger partial charge >= 0.3 is 0 Å². The van der Waals surface area contributed by atoms with Crippen molar-refractivity contribution in [3.8, 4) is 5.75 Å². The quantitative estimate of drug-likeness (QED) is 0.741. The highest BCUT2D eigenvalue weighted by Crippen LogP contribution is 2.21. The van der Waals surface area contributed by atoms with Gasteiger partial charge in [0.2, 0.25) is 0 Å². The van der Waals surface area contributed by atoms with Gasteiger partial charge in [-0.25, -0.2) is 4.98 Å². The molecule has 3 aromatic rings. The molecule has 1 atom stereocenters. The lowest BCUT2D eigenvalue weighted by atomic mass is 10.1. The molecule has 0 aliphatic heterocycles. The first-order valence-corrected chi connectivity index (χ1v) is 8.53. The molecule has 0 bridgehead atoms. The van der Waals surface area contributed by atoms with Crippen LogP contribution in [0, 0.1) is 6.92 Å². The molecule has 3 rings (SSSR count). The zero-order chi connectivity index (χ0) is 18.7. The first-order chi connectivity index (χ1) is 12.5. The standard InChI is InChI=1S/C20H24N4O2/c1-14-19(24-12-6-5-7-18(24)22-14)20(25)21-13-17(23(2)3)15-8-10-16(26-4)11-9-15/h5-12,17H,13H2,1-4H3,(H,21,25). The normalized spacial score (nSPS) is 12.3. The molecule has 0 saturated heterocycles. The fraction of sp³-hybridized carbons (Fsp3) is 0.300. The van der Waals surface area contributed by atoms with E-state index in [1.807, 2.05) is 74.1 Å². The number of likely N-dealkylation sites (N-methyl/N-ethyl adjacent to an activating group) is 1. The Morgan fingerprint density at radius 2 is 1.96 bits per heavy atom. The third-order valence-corrected chi connectivity index (χ3v) is 4.50. The van der Waals surface area contributed by atoms with Gasteiger partial charge in [-0.1, -0.05) is 18.2 Å². The average molecular weight is 352 g/mol. The minimum Gasteiger partial charge on any atom is -0.497 e. The highest BCUT2D eigenvalue weighted by atomic mass is 16.5. The second-order valence-corrected chi connectivity index (χ2v) is 6.44. The predicted molar refractivity (Wildman–Crippen MR) is 102 cm³/mol. The Kier molecular flexibility index (Phi) is 5.23. The van der Waals surface area contributed by atoms with Gasteiger partial charge in [0.05, 0.1) is 18.8 Å². The minimum absolute atomic E-state index is 0.0596. The number of aromatic nitrogens is 2. The summed E-state index contributed by atoms with van der Waals surface area (Å²) in [7, 11) is 5.65. The second-order valence-electron chi connectivity index (χ2n) is 6.44. The summed E-state index contributed by atoms with van der Waals surface area (Å²) in [6.45, 7) is 2.35. The molecule has 1 aromatic carbocycles. The molecule has 2 heterocycles. The van der Waals surface area contributed by atoms with E-state index in [0.717, 1.165) is 22.7 Å². The number of aryl methyl sites for hydroxylation is 1. The van der Waals surface area contributed by atoms with Crippen molar-refractivity contribution >= 4 is 11.6 Å². The molecule has 26 heavy (non-hydrogen) atoms. The number of hydrogen-bond donors (Lipinski definition) is 1. The van der Waals surface area contributed by atoms with E-state index in [1.54, 1.807) is 7.11 Å². The summed E-state index contributed by atoms with van der Waals surface area (Å²) >= 11 is 0. The van der Waals surface area contributed by atoms with Crippen molar-refractivity contribution in [2.45, 2.75) is 13.0 Å². The topological polar surface area (TPSA) is 58.9 Å². The van der Waals surface area contributed by atoms with E-state index in [-0.39, 0.29) is 11.9 Å². The number of ether oxygens (including phenoxy) is 1. The highest BCUT2D eigenvalue weighted by Gasteiger charge is 2.19. The number of amides is 1. The summed E-state index contributed by atoms with van der Waals surface area (Å²) in [5, 5.41) is 3.05. The summed E-state index contributed by atoms with van der Waals surface area (Å²) in [6.07, 6.45) is 1.86. The fourth-order valence-corrected chi connectivity index (χ4v) is 3.08. The van der Waals surface area contributed by atoms with Gasteiger partial charge in [-0.3, -0.25) is 9.20 Å². The number of carbonyl (C=O) groups excluding carboxylic acids is 1. The van der Waals surface area contributed by atoms with Gasteiger partial charge < -0.3 is 15.0 Å². The zero-order valence-corrected chi connectivity index (χ0v) is 15.6. The number of pyridine rings is 1. The van der Waals surface area contributed by atoms with Gasteiger partial charge in [0, 0.05) is 12.7 Å². The summed E-state index contributed by atoms with van der Waals surface area (Å²) in [4.78, 5) is 19.3. The van der Waals surface area contributed by atoms with Crippen LogP contribution in [0.25, 0.3) is 5.65 Å². The maximum absolute atomic E-state index is 12.8. The molecule has 1 unspecified atom stereocenters. The lowest BCUT2D eigenvalue weighted by molar-refractivity contribution is 0.0935. The molecule has 0 aliphatic rings. The van der Waals surface area contributed by atoms with E-state index in [4.69, 9.17) is 4.74 Å². The lowest BCUT2D eigenvalue weighted by Crippen LogP contribution is -2.35. The molecular formula is C20H24N4O2. The van der Waals surface area contributed by atoms with Crippen molar-refractivity contribution in [1.29, 1.82) is 0 Å². The van der Waals surface area contributed by atoms with Crippen molar-refractivity contribution in [2.24, 2.45) is 0 Å². The SMILES string of the molecule is COc1ccc(C(CNC(=O)c2c(C)nc3ccccn23)N(C)C)cc1. The summed E-state index contributed by atoms with van der Waals surface area (Å²) < 4.78 is 7.04. The number of benzene rings is 1. The first-order valence-electron chi connectivity index (χ1n) is 8.53. The molecule has 0 spiro atoms. The fourth-order valence-electron chi connectivity index (χ4n) is 3.08. The van der Waals surface area contributed by atoms with Gasteiger partial charge in [0.15, 0.2) is 0 Å². The van der Waals surface area contributed by atoms with E-state index in [2.05, 4.69) is 15.2 Å². The van der Waals surface area contributed by atoms with Gasteiger partial charge in [0.25, 0.3) is 5.91 Å². The Labute approximate surface area is 153 Å².